The zero-order chi connectivity index (χ0) is 21.9. The molecule has 0 radical (unpaired) electrons. The Hall–Kier alpha value is -2.57. The Morgan fingerprint density at radius 2 is 1.80 bits per heavy atom. The van der Waals surface area contributed by atoms with E-state index in [1.807, 2.05) is 24.0 Å². The summed E-state index contributed by atoms with van der Waals surface area (Å²) in [6.45, 7) is 7.85. The van der Waals surface area contributed by atoms with Crippen molar-refractivity contribution >= 4 is 17.9 Å². The second-order valence-electron chi connectivity index (χ2n) is 9.35. The fourth-order valence-corrected chi connectivity index (χ4v) is 4.37. The van der Waals surface area contributed by atoms with E-state index in [0.29, 0.717) is 0 Å². The predicted molar refractivity (Wildman–Crippen MR) is 114 cm³/mol. The summed E-state index contributed by atoms with van der Waals surface area (Å²) in [5.41, 5.74) is 1.84. The minimum absolute atomic E-state index is 0.00465. The van der Waals surface area contributed by atoms with E-state index in [1.165, 1.54) is 11.1 Å². The smallest absolute Gasteiger partial charge is 0.325 e. The minimum Gasteiger partial charge on any atom is -0.459 e. The van der Waals surface area contributed by atoms with E-state index in [1.54, 1.807) is 20.8 Å². The summed E-state index contributed by atoms with van der Waals surface area (Å²) < 4.78 is 5.22. The number of rotatable bonds is 5. The van der Waals surface area contributed by atoms with Gasteiger partial charge in [-0.25, -0.2) is 4.79 Å². The highest BCUT2D eigenvalue weighted by atomic mass is 16.6. The van der Waals surface area contributed by atoms with Gasteiger partial charge in [-0.2, -0.15) is 0 Å². The third-order valence-electron chi connectivity index (χ3n) is 5.76. The maximum Gasteiger partial charge on any atom is 0.325 e. The molecule has 1 aromatic rings. The zero-order valence-electron chi connectivity index (χ0n) is 18.4. The van der Waals surface area contributed by atoms with E-state index in [-0.39, 0.29) is 24.4 Å². The molecule has 2 aliphatic rings. The molecule has 1 aliphatic carbocycles. The lowest BCUT2D eigenvalue weighted by Crippen LogP contribution is -2.56. The first-order valence-corrected chi connectivity index (χ1v) is 10.8. The van der Waals surface area contributed by atoms with Gasteiger partial charge in [0.2, 0.25) is 5.91 Å². The summed E-state index contributed by atoms with van der Waals surface area (Å²) in [5, 5.41) is 5.40. The molecule has 2 atom stereocenters. The van der Waals surface area contributed by atoms with Crippen molar-refractivity contribution in [2.24, 2.45) is 5.92 Å². The molecule has 164 valence electrons. The molecule has 1 aromatic carbocycles. The van der Waals surface area contributed by atoms with Gasteiger partial charge in [-0.15, -0.1) is 0 Å². The summed E-state index contributed by atoms with van der Waals surface area (Å²) in [4.78, 5) is 39.7. The van der Waals surface area contributed by atoms with E-state index < -0.39 is 23.6 Å². The van der Waals surface area contributed by atoms with Gasteiger partial charge in [0.1, 0.15) is 18.2 Å². The van der Waals surface area contributed by atoms with Gasteiger partial charge in [-0.05, 0) is 70.4 Å². The second kappa shape index (κ2) is 9.06. The number of benzene rings is 1. The molecule has 0 aromatic heterocycles. The average molecular weight is 416 g/mol. The number of fused-ring (bicyclic) bond motifs is 1. The Kier molecular flexibility index (Phi) is 6.68. The van der Waals surface area contributed by atoms with Crippen LogP contribution in [0.1, 0.15) is 51.7 Å². The largest absolute Gasteiger partial charge is 0.459 e. The van der Waals surface area contributed by atoms with Crippen molar-refractivity contribution in [3.63, 3.8) is 0 Å². The van der Waals surface area contributed by atoms with Crippen molar-refractivity contribution in [2.45, 2.75) is 71.1 Å². The average Bonchev–Trinajstić information content (AvgIpc) is 3.28. The quantitative estimate of drug-likeness (QED) is 0.723. The first-order chi connectivity index (χ1) is 14.1. The summed E-state index contributed by atoms with van der Waals surface area (Å²) in [6, 6.07) is 7.19. The van der Waals surface area contributed by atoms with E-state index >= 15 is 0 Å². The zero-order valence-corrected chi connectivity index (χ0v) is 18.4. The molecule has 30 heavy (non-hydrogen) atoms. The summed E-state index contributed by atoms with van der Waals surface area (Å²) in [5.74, 6) is -0.554. The summed E-state index contributed by atoms with van der Waals surface area (Å²) >= 11 is 0. The predicted octanol–water partition coefficient (Wildman–Crippen LogP) is 2.42. The number of hydrogen-bond acceptors (Lipinski definition) is 4. The molecule has 2 unspecified atom stereocenters. The van der Waals surface area contributed by atoms with Gasteiger partial charge >= 0.3 is 12.0 Å². The van der Waals surface area contributed by atoms with Crippen molar-refractivity contribution in [1.82, 2.24) is 15.5 Å². The van der Waals surface area contributed by atoms with E-state index in [0.717, 1.165) is 32.2 Å². The van der Waals surface area contributed by atoms with Gasteiger partial charge in [0.25, 0.3) is 0 Å². The standard InChI is InChI=1S/C23H33N3O4/c1-15-8-7-11-26(15)21(28)20(18-12-16-9-5-6-10-17(16)13-18)25-22(29)24-14-19(27)30-23(2,3)4/h5-6,9-10,15,18,20H,7-8,11-14H2,1-4H3,(H2,24,25,29). The highest BCUT2D eigenvalue weighted by molar-refractivity contribution is 5.89. The Morgan fingerprint density at radius 3 is 2.33 bits per heavy atom. The Balaban J connectivity index is 1.66. The Bertz CT molecular complexity index is 777. The van der Waals surface area contributed by atoms with Crippen molar-refractivity contribution in [2.75, 3.05) is 13.1 Å². The van der Waals surface area contributed by atoms with Gasteiger partial charge in [0, 0.05) is 12.6 Å². The minimum atomic E-state index is -0.628. The first-order valence-electron chi connectivity index (χ1n) is 10.8. The number of hydrogen-bond donors (Lipinski definition) is 2. The number of ether oxygens (including phenoxy) is 1. The molecule has 7 nitrogen and oxygen atoms in total. The topological polar surface area (TPSA) is 87.7 Å². The van der Waals surface area contributed by atoms with Crippen LogP contribution in [0.4, 0.5) is 4.79 Å². The third-order valence-corrected chi connectivity index (χ3v) is 5.76. The molecule has 1 heterocycles. The van der Waals surface area contributed by atoms with Gasteiger partial charge < -0.3 is 20.3 Å². The molecule has 3 rings (SSSR count). The van der Waals surface area contributed by atoms with Gasteiger partial charge in [-0.3, -0.25) is 9.59 Å². The summed E-state index contributed by atoms with van der Waals surface area (Å²) in [7, 11) is 0. The molecule has 0 spiro atoms. The number of carbonyl (C=O) groups excluding carboxylic acids is 3. The van der Waals surface area contributed by atoms with Crippen LogP contribution in [0.15, 0.2) is 24.3 Å². The maximum atomic E-state index is 13.3. The normalized spacial score (nSPS) is 19.9. The van der Waals surface area contributed by atoms with E-state index in [9.17, 15) is 14.4 Å². The highest BCUT2D eigenvalue weighted by Gasteiger charge is 2.39. The molecule has 1 aliphatic heterocycles. The fourth-order valence-electron chi connectivity index (χ4n) is 4.37. The molecular formula is C23H33N3O4. The van der Waals surface area contributed by atoms with Crippen LogP contribution in [-0.2, 0) is 27.2 Å². The number of amides is 3. The number of likely N-dealkylation sites (tertiary alicyclic amines) is 1. The fraction of sp³-hybridized carbons (Fsp3) is 0.609. The van der Waals surface area contributed by atoms with Gasteiger partial charge in [-0.1, -0.05) is 24.3 Å². The number of nitrogens with one attached hydrogen (secondary N) is 2. The molecule has 1 fully saturated rings. The van der Waals surface area contributed by atoms with Crippen LogP contribution >= 0.6 is 0 Å². The molecule has 7 heteroatoms. The van der Waals surface area contributed by atoms with Crippen LogP contribution < -0.4 is 10.6 Å². The van der Waals surface area contributed by atoms with Crippen LogP contribution in [0.3, 0.4) is 0 Å². The van der Waals surface area contributed by atoms with Gasteiger partial charge in [0.15, 0.2) is 0 Å². The molecule has 0 bridgehead atoms. The van der Waals surface area contributed by atoms with Crippen LogP contribution in [0.2, 0.25) is 0 Å². The molecular weight excluding hydrogens is 382 g/mol. The highest BCUT2D eigenvalue weighted by Crippen LogP contribution is 2.30. The van der Waals surface area contributed by atoms with Crippen molar-refractivity contribution in [3.05, 3.63) is 35.4 Å². The van der Waals surface area contributed by atoms with Crippen molar-refractivity contribution in [3.8, 4) is 0 Å². The maximum absolute atomic E-state index is 13.3. The first kappa shape index (κ1) is 22.1. The van der Waals surface area contributed by atoms with Crippen LogP contribution in [-0.4, -0.2) is 53.6 Å². The van der Waals surface area contributed by atoms with Crippen LogP contribution in [0, 0.1) is 5.92 Å². The van der Waals surface area contributed by atoms with Crippen molar-refractivity contribution in [1.29, 1.82) is 0 Å². The monoisotopic (exact) mass is 415 g/mol. The lowest BCUT2D eigenvalue weighted by molar-refractivity contribution is -0.153. The van der Waals surface area contributed by atoms with Crippen LogP contribution in [0.25, 0.3) is 0 Å². The van der Waals surface area contributed by atoms with E-state index in [2.05, 4.69) is 22.8 Å². The Labute approximate surface area is 178 Å². The van der Waals surface area contributed by atoms with Gasteiger partial charge in [0.05, 0.1) is 0 Å². The third kappa shape index (κ3) is 5.52. The number of carbonyl (C=O) groups is 3. The van der Waals surface area contributed by atoms with Crippen molar-refractivity contribution < 1.29 is 19.1 Å². The summed E-state index contributed by atoms with van der Waals surface area (Å²) in [6.07, 6.45) is 3.46. The lowest BCUT2D eigenvalue weighted by atomic mass is 9.95. The number of nitrogens with zero attached hydrogens (tertiary/aromatic N) is 1. The second-order valence-corrected chi connectivity index (χ2v) is 9.35. The lowest BCUT2D eigenvalue weighted by Gasteiger charge is -2.30. The number of urea groups is 1. The molecule has 1 saturated heterocycles. The molecule has 0 saturated carbocycles. The van der Waals surface area contributed by atoms with Crippen LogP contribution in [0.5, 0.6) is 0 Å². The SMILES string of the molecule is CC1CCCN1C(=O)C(NC(=O)NCC(=O)OC(C)(C)C)C1Cc2ccccc2C1. The Morgan fingerprint density at radius 1 is 1.17 bits per heavy atom. The van der Waals surface area contributed by atoms with E-state index in [4.69, 9.17) is 4.74 Å². The molecule has 2 N–H and O–H groups in total. The number of esters is 1. The molecule has 3 amide bonds.